The number of fused-ring (bicyclic) bond motifs is 2. The van der Waals surface area contributed by atoms with Crippen LogP contribution in [0.2, 0.25) is 0 Å². The molecule has 0 spiro atoms. The number of aliphatic carboxylic acids is 1. The summed E-state index contributed by atoms with van der Waals surface area (Å²) >= 11 is 0. The van der Waals surface area contributed by atoms with Crippen LogP contribution in [0.4, 0.5) is 0 Å². The summed E-state index contributed by atoms with van der Waals surface area (Å²) in [4.78, 5) is 21.9. The predicted octanol–water partition coefficient (Wildman–Crippen LogP) is 1.40. The third kappa shape index (κ3) is 2.06. The second-order valence-corrected chi connectivity index (χ2v) is 5.42. The summed E-state index contributed by atoms with van der Waals surface area (Å²) in [5.74, 6) is 0.393. The quantitative estimate of drug-likeness (QED) is 0.760. The Balaban J connectivity index is 2.07. The van der Waals surface area contributed by atoms with Gasteiger partial charge in [-0.3, -0.25) is 9.59 Å². The number of rotatable bonds is 4. The molecule has 2 rings (SSSR count). The second-order valence-electron chi connectivity index (χ2n) is 5.42. The maximum absolute atomic E-state index is 11.0. The van der Waals surface area contributed by atoms with Crippen molar-refractivity contribution in [2.24, 2.45) is 17.3 Å². The van der Waals surface area contributed by atoms with E-state index in [2.05, 4.69) is 5.32 Å². The molecule has 0 heterocycles. The molecule has 3 unspecified atom stereocenters. The van der Waals surface area contributed by atoms with Crippen molar-refractivity contribution >= 4 is 11.9 Å². The fourth-order valence-electron chi connectivity index (χ4n) is 3.66. The SMILES string of the molecule is CC(=O)NCC1(CC(=O)O)CC2CCC1C2. The first-order valence-corrected chi connectivity index (χ1v) is 5.98. The second kappa shape index (κ2) is 4.07. The number of amides is 1. The van der Waals surface area contributed by atoms with E-state index in [-0.39, 0.29) is 17.7 Å². The van der Waals surface area contributed by atoms with Crippen molar-refractivity contribution in [1.82, 2.24) is 5.32 Å². The maximum Gasteiger partial charge on any atom is 0.303 e. The Bertz CT molecular complexity index is 315. The first kappa shape index (κ1) is 11.4. The Morgan fingerprint density at radius 3 is 2.62 bits per heavy atom. The van der Waals surface area contributed by atoms with Gasteiger partial charge in [-0.1, -0.05) is 6.42 Å². The van der Waals surface area contributed by atoms with Crippen molar-refractivity contribution in [3.05, 3.63) is 0 Å². The summed E-state index contributed by atoms with van der Waals surface area (Å²) in [5, 5.41) is 11.8. The first-order chi connectivity index (χ1) is 7.52. The van der Waals surface area contributed by atoms with E-state index >= 15 is 0 Å². The fourth-order valence-corrected chi connectivity index (χ4v) is 3.66. The zero-order valence-corrected chi connectivity index (χ0v) is 9.66. The van der Waals surface area contributed by atoms with Gasteiger partial charge in [0.05, 0.1) is 6.42 Å². The van der Waals surface area contributed by atoms with E-state index in [1.807, 2.05) is 0 Å². The van der Waals surface area contributed by atoms with Crippen molar-refractivity contribution in [1.29, 1.82) is 0 Å². The molecule has 2 N–H and O–H groups in total. The minimum atomic E-state index is -0.738. The van der Waals surface area contributed by atoms with Gasteiger partial charge >= 0.3 is 5.97 Å². The molecular formula is C12H19NO3. The molecule has 2 bridgehead atoms. The van der Waals surface area contributed by atoms with Gasteiger partial charge in [-0.25, -0.2) is 0 Å². The lowest BCUT2D eigenvalue weighted by Crippen LogP contribution is -2.41. The molecule has 16 heavy (non-hydrogen) atoms. The molecule has 3 atom stereocenters. The smallest absolute Gasteiger partial charge is 0.303 e. The van der Waals surface area contributed by atoms with Crippen LogP contribution < -0.4 is 5.32 Å². The van der Waals surface area contributed by atoms with Crippen molar-refractivity contribution in [3.8, 4) is 0 Å². The third-order valence-corrected chi connectivity index (χ3v) is 4.30. The lowest BCUT2D eigenvalue weighted by Gasteiger charge is -2.36. The highest BCUT2D eigenvalue weighted by molar-refractivity contribution is 5.73. The lowest BCUT2D eigenvalue weighted by molar-refractivity contribution is -0.141. The van der Waals surface area contributed by atoms with E-state index in [1.165, 1.54) is 13.3 Å². The number of carboxylic acid groups (broad SMARTS) is 1. The van der Waals surface area contributed by atoms with Crippen LogP contribution in [-0.4, -0.2) is 23.5 Å². The van der Waals surface area contributed by atoms with Gasteiger partial charge in [0.25, 0.3) is 0 Å². The van der Waals surface area contributed by atoms with Gasteiger partial charge in [0.15, 0.2) is 0 Å². The molecule has 0 saturated heterocycles. The van der Waals surface area contributed by atoms with Gasteiger partial charge in [0.2, 0.25) is 5.91 Å². The van der Waals surface area contributed by atoms with Crippen LogP contribution in [0.15, 0.2) is 0 Å². The van der Waals surface area contributed by atoms with E-state index in [4.69, 9.17) is 5.11 Å². The summed E-state index contributed by atoms with van der Waals surface area (Å²) in [7, 11) is 0. The molecule has 0 aromatic heterocycles. The standard InChI is InChI=1S/C12H19NO3/c1-8(14)13-7-12(6-11(15)16)5-9-2-3-10(12)4-9/h9-10H,2-7H2,1H3,(H,13,14)(H,15,16). The molecule has 0 aromatic carbocycles. The fraction of sp³-hybridized carbons (Fsp3) is 0.833. The Morgan fingerprint density at radius 2 is 2.19 bits per heavy atom. The predicted molar refractivity (Wildman–Crippen MR) is 58.8 cm³/mol. The molecule has 4 nitrogen and oxygen atoms in total. The first-order valence-electron chi connectivity index (χ1n) is 5.98. The van der Waals surface area contributed by atoms with E-state index in [1.54, 1.807) is 0 Å². The number of carboxylic acids is 1. The van der Waals surface area contributed by atoms with Crippen LogP contribution in [0.25, 0.3) is 0 Å². The topological polar surface area (TPSA) is 66.4 Å². The average molecular weight is 225 g/mol. The minimum absolute atomic E-state index is 0.0625. The number of nitrogens with one attached hydrogen (secondary N) is 1. The summed E-state index contributed by atoms with van der Waals surface area (Å²) in [6, 6.07) is 0. The molecule has 0 radical (unpaired) electrons. The van der Waals surface area contributed by atoms with Gasteiger partial charge in [0.1, 0.15) is 0 Å². The molecule has 2 aliphatic carbocycles. The molecule has 90 valence electrons. The normalized spacial score (nSPS) is 36.3. The monoisotopic (exact) mass is 225 g/mol. The molecule has 1 amide bonds. The Morgan fingerprint density at radius 1 is 1.44 bits per heavy atom. The van der Waals surface area contributed by atoms with Crippen LogP contribution in [-0.2, 0) is 9.59 Å². The summed E-state index contributed by atoms with van der Waals surface area (Å²) in [5.41, 5.74) is -0.166. The van der Waals surface area contributed by atoms with E-state index in [0.29, 0.717) is 18.4 Å². The molecule has 2 saturated carbocycles. The van der Waals surface area contributed by atoms with Gasteiger partial charge in [-0.05, 0) is 31.1 Å². The van der Waals surface area contributed by atoms with Gasteiger partial charge in [-0.15, -0.1) is 0 Å². The highest BCUT2D eigenvalue weighted by Gasteiger charge is 2.51. The van der Waals surface area contributed by atoms with Crippen LogP contribution in [0.1, 0.15) is 39.0 Å². The highest BCUT2D eigenvalue weighted by atomic mass is 16.4. The van der Waals surface area contributed by atoms with Gasteiger partial charge < -0.3 is 10.4 Å². The number of carbonyl (C=O) groups excluding carboxylic acids is 1. The minimum Gasteiger partial charge on any atom is -0.481 e. The van der Waals surface area contributed by atoms with Gasteiger partial charge in [0, 0.05) is 18.9 Å². The molecular weight excluding hydrogens is 206 g/mol. The largest absolute Gasteiger partial charge is 0.481 e. The molecule has 4 heteroatoms. The average Bonchev–Trinajstić information content (AvgIpc) is 2.73. The zero-order chi connectivity index (χ0) is 11.8. The molecule has 2 fully saturated rings. The van der Waals surface area contributed by atoms with Crippen LogP contribution in [0.5, 0.6) is 0 Å². The summed E-state index contributed by atoms with van der Waals surface area (Å²) < 4.78 is 0. The summed E-state index contributed by atoms with van der Waals surface area (Å²) in [6.07, 6.45) is 4.72. The number of hydrogen-bond donors (Lipinski definition) is 2. The molecule has 2 aliphatic rings. The number of carbonyl (C=O) groups is 2. The maximum atomic E-state index is 11.0. The van der Waals surface area contributed by atoms with Crippen LogP contribution in [0.3, 0.4) is 0 Å². The van der Waals surface area contributed by atoms with Crippen molar-refractivity contribution in [2.45, 2.75) is 39.0 Å². The van der Waals surface area contributed by atoms with E-state index in [9.17, 15) is 9.59 Å². The van der Waals surface area contributed by atoms with Crippen LogP contribution in [0, 0.1) is 17.3 Å². The highest BCUT2D eigenvalue weighted by Crippen LogP contribution is 2.57. The Hall–Kier alpha value is -1.06. The van der Waals surface area contributed by atoms with Crippen molar-refractivity contribution in [2.75, 3.05) is 6.54 Å². The van der Waals surface area contributed by atoms with E-state index < -0.39 is 5.97 Å². The van der Waals surface area contributed by atoms with Crippen molar-refractivity contribution < 1.29 is 14.7 Å². The van der Waals surface area contributed by atoms with Crippen molar-refractivity contribution in [3.63, 3.8) is 0 Å². The third-order valence-electron chi connectivity index (χ3n) is 4.30. The number of hydrogen-bond acceptors (Lipinski definition) is 2. The molecule has 0 aromatic rings. The zero-order valence-electron chi connectivity index (χ0n) is 9.66. The summed E-state index contributed by atoms with van der Waals surface area (Å²) in [6.45, 7) is 2.03. The van der Waals surface area contributed by atoms with E-state index in [0.717, 1.165) is 19.3 Å². The Labute approximate surface area is 95.4 Å². The van der Waals surface area contributed by atoms with Crippen LogP contribution >= 0.6 is 0 Å². The van der Waals surface area contributed by atoms with Gasteiger partial charge in [-0.2, -0.15) is 0 Å². The molecule has 0 aliphatic heterocycles. The lowest BCUT2D eigenvalue weighted by atomic mass is 9.70. The Kier molecular flexibility index (Phi) is 2.91.